The van der Waals surface area contributed by atoms with E-state index in [9.17, 15) is 14.4 Å². The van der Waals surface area contributed by atoms with Gasteiger partial charge in [-0.1, -0.05) is 6.07 Å². The average molecular weight is 300 g/mol. The number of likely N-dealkylation sites (N-methyl/N-ethyl adjacent to an activating group) is 1. The second kappa shape index (κ2) is 7.61. The van der Waals surface area contributed by atoms with Crippen LogP contribution in [-0.2, 0) is 9.59 Å². The van der Waals surface area contributed by atoms with Crippen LogP contribution in [0.4, 0.5) is 0 Å². The zero-order valence-corrected chi connectivity index (χ0v) is 11.7. The van der Waals surface area contributed by atoms with Crippen molar-refractivity contribution in [2.24, 2.45) is 0 Å². The summed E-state index contributed by atoms with van der Waals surface area (Å²) in [7, 11) is 1.51. The number of hydrogen-bond acceptors (Lipinski definition) is 5. The van der Waals surface area contributed by atoms with Crippen molar-refractivity contribution in [2.75, 3.05) is 20.1 Å². The molecule has 7 nitrogen and oxygen atoms in total. The lowest BCUT2D eigenvalue weighted by Crippen LogP contribution is -2.39. The van der Waals surface area contributed by atoms with Crippen LogP contribution in [0.3, 0.4) is 0 Å². The quantitative estimate of drug-likeness (QED) is 0.645. The molecule has 1 atom stereocenters. The van der Waals surface area contributed by atoms with Gasteiger partial charge in [0.15, 0.2) is 6.10 Å². The van der Waals surface area contributed by atoms with Crippen LogP contribution >= 0.6 is 11.3 Å². The predicted molar refractivity (Wildman–Crippen MR) is 72.5 cm³/mol. The summed E-state index contributed by atoms with van der Waals surface area (Å²) in [6.45, 7) is -0.0900. The summed E-state index contributed by atoms with van der Waals surface area (Å²) in [6, 6.07) is 3.42. The minimum atomic E-state index is -1.50. The molecular weight excluding hydrogens is 284 g/mol. The Bertz CT molecular complexity index is 474. The Morgan fingerprint density at radius 2 is 2.15 bits per heavy atom. The number of carboxylic acid groups (broad SMARTS) is 1. The van der Waals surface area contributed by atoms with E-state index in [1.165, 1.54) is 23.3 Å². The van der Waals surface area contributed by atoms with E-state index in [-0.39, 0.29) is 25.4 Å². The fourth-order valence-electron chi connectivity index (χ4n) is 1.40. The minimum absolute atomic E-state index is 0.0351. The van der Waals surface area contributed by atoms with Gasteiger partial charge in [-0.15, -0.1) is 11.3 Å². The molecular formula is C12H16N2O5S. The maximum Gasteiger partial charge on any atom is 0.332 e. The topological polar surface area (TPSA) is 107 Å². The molecule has 8 heteroatoms. The fraction of sp³-hybridized carbons (Fsp3) is 0.417. The van der Waals surface area contributed by atoms with Gasteiger partial charge in [0.25, 0.3) is 5.91 Å². The Hall–Kier alpha value is -1.93. The van der Waals surface area contributed by atoms with E-state index < -0.39 is 18.0 Å². The number of carboxylic acids is 1. The number of nitrogens with zero attached hydrogens (tertiary/aromatic N) is 1. The number of aliphatic hydroxyl groups is 1. The van der Waals surface area contributed by atoms with Gasteiger partial charge in [0.1, 0.15) is 0 Å². The molecule has 0 spiro atoms. The van der Waals surface area contributed by atoms with Gasteiger partial charge in [-0.05, 0) is 11.4 Å². The summed E-state index contributed by atoms with van der Waals surface area (Å²) in [6.07, 6.45) is -1.58. The van der Waals surface area contributed by atoms with Crippen molar-refractivity contribution in [3.63, 3.8) is 0 Å². The molecule has 20 heavy (non-hydrogen) atoms. The molecule has 1 rings (SSSR count). The monoisotopic (exact) mass is 300 g/mol. The molecule has 0 bridgehead atoms. The molecule has 1 aromatic rings. The molecule has 110 valence electrons. The molecule has 0 saturated carbocycles. The molecule has 0 aliphatic rings. The number of aliphatic hydroxyl groups excluding tert-OH is 1. The molecule has 0 radical (unpaired) electrons. The fourth-order valence-corrected chi connectivity index (χ4v) is 2.12. The highest BCUT2D eigenvalue weighted by molar-refractivity contribution is 7.12. The van der Waals surface area contributed by atoms with E-state index in [4.69, 9.17) is 10.2 Å². The third-order valence-corrected chi connectivity index (χ3v) is 3.34. The van der Waals surface area contributed by atoms with Crippen LogP contribution in [0.1, 0.15) is 16.1 Å². The molecule has 0 aromatic carbocycles. The first-order chi connectivity index (χ1) is 9.41. The Morgan fingerprint density at radius 1 is 1.45 bits per heavy atom. The molecule has 1 heterocycles. The number of amides is 2. The molecule has 0 fully saturated rings. The number of thiophene rings is 1. The Kier molecular flexibility index (Phi) is 6.13. The average Bonchev–Trinajstić information content (AvgIpc) is 2.91. The SMILES string of the molecule is CN(CC(=O)NCCC(O)C(=O)O)C(=O)c1cccs1. The first-order valence-electron chi connectivity index (χ1n) is 5.88. The largest absolute Gasteiger partial charge is 0.479 e. The number of hydrogen-bond donors (Lipinski definition) is 3. The first kappa shape index (κ1) is 16.1. The minimum Gasteiger partial charge on any atom is -0.479 e. The molecule has 1 aromatic heterocycles. The summed E-state index contributed by atoms with van der Waals surface area (Å²) in [5, 5.41) is 21.7. The van der Waals surface area contributed by atoms with Gasteiger partial charge in [-0.3, -0.25) is 9.59 Å². The lowest BCUT2D eigenvalue weighted by atomic mass is 10.2. The molecule has 1 unspecified atom stereocenters. The maximum atomic E-state index is 11.9. The third kappa shape index (κ3) is 4.98. The van der Waals surface area contributed by atoms with Crippen LogP contribution < -0.4 is 5.32 Å². The molecule has 0 aliphatic carbocycles. The predicted octanol–water partition coefficient (Wildman–Crippen LogP) is -0.228. The zero-order valence-electron chi connectivity index (χ0n) is 10.9. The van der Waals surface area contributed by atoms with Crippen LogP contribution in [-0.4, -0.2) is 59.1 Å². The summed E-state index contributed by atoms with van der Waals surface area (Å²) >= 11 is 1.29. The van der Waals surface area contributed by atoms with Gasteiger partial charge < -0.3 is 20.4 Å². The molecule has 3 N–H and O–H groups in total. The van der Waals surface area contributed by atoms with E-state index in [1.54, 1.807) is 17.5 Å². The smallest absolute Gasteiger partial charge is 0.332 e. The highest BCUT2D eigenvalue weighted by atomic mass is 32.1. The standard InChI is InChI=1S/C12H16N2O5S/c1-14(11(17)9-3-2-6-20-9)7-10(16)13-5-4-8(15)12(18)19/h2-3,6,8,15H,4-5,7H2,1H3,(H,13,16)(H,18,19). The number of rotatable bonds is 7. The third-order valence-electron chi connectivity index (χ3n) is 2.48. The summed E-state index contributed by atoms with van der Waals surface area (Å²) < 4.78 is 0. The molecule has 0 saturated heterocycles. The van der Waals surface area contributed by atoms with Gasteiger partial charge >= 0.3 is 5.97 Å². The number of carbonyl (C=O) groups excluding carboxylic acids is 2. The lowest BCUT2D eigenvalue weighted by Gasteiger charge is -2.16. The van der Waals surface area contributed by atoms with Crippen LogP contribution in [0.15, 0.2) is 17.5 Å². The second-order valence-corrected chi connectivity index (χ2v) is 5.08. The Morgan fingerprint density at radius 3 is 2.70 bits per heavy atom. The highest BCUT2D eigenvalue weighted by Gasteiger charge is 2.16. The van der Waals surface area contributed by atoms with Crippen molar-refractivity contribution in [1.29, 1.82) is 0 Å². The van der Waals surface area contributed by atoms with Crippen molar-refractivity contribution < 1.29 is 24.6 Å². The molecule has 2 amide bonds. The van der Waals surface area contributed by atoms with Crippen LogP contribution in [0.5, 0.6) is 0 Å². The summed E-state index contributed by atoms with van der Waals surface area (Å²) in [5.41, 5.74) is 0. The van der Waals surface area contributed by atoms with Crippen molar-refractivity contribution in [2.45, 2.75) is 12.5 Å². The van der Waals surface area contributed by atoms with Crippen LogP contribution in [0, 0.1) is 0 Å². The van der Waals surface area contributed by atoms with Crippen LogP contribution in [0.25, 0.3) is 0 Å². The number of nitrogens with one attached hydrogen (secondary N) is 1. The van der Waals surface area contributed by atoms with Crippen molar-refractivity contribution >= 4 is 29.1 Å². The van der Waals surface area contributed by atoms with Gasteiger partial charge in [0.2, 0.25) is 5.91 Å². The van der Waals surface area contributed by atoms with E-state index >= 15 is 0 Å². The van der Waals surface area contributed by atoms with Crippen molar-refractivity contribution in [1.82, 2.24) is 10.2 Å². The Labute approximate surface area is 119 Å². The van der Waals surface area contributed by atoms with E-state index in [1.807, 2.05) is 0 Å². The normalized spacial score (nSPS) is 11.7. The van der Waals surface area contributed by atoms with Gasteiger partial charge in [0, 0.05) is 20.0 Å². The van der Waals surface area contributed by atoms with E-state index in [2.05, 4.69) is 5.32 Å². The number of aliphatic carboxylic acids is 1. The van der Waals surface area contributed by atoms with Crippen molar-refractivity contribution in [3.8, 4) is 0 Å². The highest BCUT2D eigenvalue weighted by Crippen LogP contribution is 2.10. The van der Waals surface area contributed by atoms with E-state index in [0.29, 0.717) is 4.88 Å². The van der Waals surface area contributed by atoms with Gasteiger partial charge in [-0.25, -0.2) is 4.79 Å². The Balaban J connectivity index is 2.31. The van der Waals surface area contributed by atoms with Gasteiger partial charge in [-0.2, -0.15) is 0 Å². The zero-order chi connectivity index (χ0) is 15.1. The summed E-state index contributed by atoms with van der Waals surface area (Å²) in [5.74, 6) is -1.99. The molecule has 0 aliphatic heterocycles. The maximum absolute atomic E-state index is 11.9. The summed E-state index contributed by atoms with van der Waals surface area (Å²) in [4.78, 5) is 35.6. The van der Waals surface area contributed by atoms with E-state index in [0.717, 1.165) is 0 Å². The first-order valence-corrected chi connectivity index (χ1v) is 6.76. The number of carbonyl (C=O) groups is 3. The van der Waals surface area contributed by atoms with Crippen molar-refractivity contribution in [3.05, 3.63) is 22.4 Å². The van der Waals surface area contributed by atoms with Crippen LogP contribution in [0.2, 0.25) is 0 Å². The lowest BCUT2D eigenvalue weighted by molar-refractivity contribution is -0.147. The second-order valence-electron chi connectivity index (χ2n) is 4.13. The van der Waals surface area contributed by atoms with Gasteiger partial charge in [0.05, 0.1) is 11.4 Å².